The summed E-state index contributed by atoms with van der Waals surface area (Å²) < 4.78 is 0. The predicted octanol–water partition coefficient (Wildman–Crippen LogP) is 3.24. The van der Waals surface area contributed by atoms with Crippen LogP contribution in [0.25, 0.3) is 0 Å². The van der Waals surface area contributed by atoms with Crippen LogP contribution in [0.1, 0.15) is 28.1 Å². The Morgan fingerprint density at radius 3 is 2.42 bits per heavy atom. The van der Waals surface area contributed by atoms with Crippen LogP contribution in [0.15, 0.2) is 29.3 Å². The first-order chi connectivity index (χ1) is 12.0. The van der Waals surface area contributed by atoms with Gasteiger partial charge in [0.15, 0.2) is 5.96 Å². The molecule has 0 fully saturated rings. The number of nitrogens with one attached hydrogen (secondary N) is 3. The van der Waals surface area contributed by atoms with E-state index in [1.54, 1.807) is 18.4 Å². The summed E-state index contributed by atoms with van der Waals surface area (Å²) in [5.74, 6) is 0.719. The Bertz CT molecular complexity index is 743. The van der Waals surface area contributed by atoms with Gasteiger partial charge in [-0.15, -0.1) is 35.3 Å². The number of benzene rings is 1. The molecule has 0 aliphatic rings. The summed E-state index contributed by atoms with van der Waals surface area (Å²) >= 11 is 1.71. The summed E-state index contributed by atoms with van der Waals surface area (Å²) in [7, 11) is 1.77. The molecule has 142 valence electrons. The van der Waals surface area contributed by atoms with E-state index >= 15 is 0 Å². The lowest BCUT2D eigenvalue weighted by atomic mass is 10.1. The van der Waals surface area contributed by atoms with Crippen molar-refractivity contribution in [3.8, 4) is 0 Å². The number of carbonyl (C=O) groups is 1. The average Bonchev–Trinajstić information content (AvgIpc) is 2.89. The molecule has 0 unspecified atom stereocenters. The highest BCUT2D eigenvalue weighted by atomic mass is 127. The first kappa shape index (κ1) is 22.4. The Morgan fingerprint density at radius 2 is 1.88 bits per heavy atom. The van der Waals surface area contributed by atoms with Crippen molar-refractivity contribution >= 4 is 52.9 Å². The van der Waals surface area contributed by atoms with E-state index in [1.165, 1.54) is 17.4 Å². The molecule has 3 N–H and O–H groups in total. The second kappa shape index (κ2) is 11.1. The number of aromatic nitrogens is 1. The molecule has 0 aliphatic heterocycles. The summed E-state index contributed by atoms with van der Waals surface area (Å²) in [6.45, 7) is 7.06. The number of carbonyl (C=O) groups excluding carboxylic acids is 1. The standard InChI is InChI=1S/C18H25N5OS.HI/c1-12-17(25-14(3)22-12)11-21-18(19-4)20-10-9-15-5-7-16(8-6-15)23-13(2)24;/h5-8H,9-11H2,1-4H3,(H,23,24)(H2,19,20,21);1H. The van der Waals surface area contributed by atoms with Gasteiger partial charge in [-0.25, -0.2) is 4.98 Å². The zero-order valence-electron chi connectivity index (χ0n) is 15.5. The SMILES string of the molecule is CN=C(NCCc1ccc(NC(C)=O)cc1)NCc1sc(C)nc1C.I. The van der Waals surface area contributed by atoms with Crippen LogP contribution in [-0.2, 0) is 17.8 Å². The number of nitrogens with zero attached hydrogens (tertiary/aromatic N) is 2. The number of hydrogen-bond acceptors (Lipinski definition) is 4. The van der Waals surface area contributed by atoms with Gasteiger partial charge in [-0.1, -0.05) is 12.1 Å². The quantitative estimate of drug-likeness (QED) is 0.332. The van der Waals surface area contributed by atoms with Crippen molar-refractivity contribution < 1.29 is 4.79 Å². The van der Waals surface area contributed by atoms with Gasteiger partial charge in [0.25, 0.3) is 0 Å². The zero-order chi connectivity index (χ0) is 18.2. The van der Waals surface area contributed by atoms with Gasteiger partial charge < -0.3 is 16.0 Å². The average molecular weight is 487 g/mol. The molecule has 0 saturated heterocycles. The minimum absolute atomic E-state index is 0. The molecule has 26 heavy (non-hydrogen) atoms. The highest BCUT2D eigenvalue weighted by molar-refractivity contribution is 14.0. The summed E-state index contributed by atoms with van der Waals surface area (Å²) in [6.07, 6.45) is 0.875. The number of aliphatic imine (C=N–C) groups is 1. The molecular formula is C18H26IN5OS. The highest BCUT2D eigenvalue weighted by Crippen LogP contribution is 2.16. The normalized spacial score (nSPS) is 10.8. The lowest BCUT2D eigenvalue weighted by Crippen LogP contribution is -2.37. The molecule has 0 bridgehead atoms. The van der Waals surface area contributed by atoms with Crippen molar-refractivity contribution in [2.24, 2.45) is 4.99 Å². The van der Waals surface area contributed by atoms with E-state index < -0.39 is 0 Å². The molecular weight excluding hydrogens is 461 g/mol. The number of rotatable bonds is 6. The lowest BCUT2D eigenvalue weighted by Gasteiger charge is -2.11. The molecule has 0 aliphatic carbocycles. The van der Waals surface area contributed by atoms with E-state index in [2.05, 4.69) is 25.9 Å². The Kier molecular flexibility index (Phi) is 9.57. The van der Waals surface area contributed by atoms with Crippen molar-refractivity contribution in [3.05, 3.63) is 45.4 Å². The summed E-state index contributed by atoms with van der Waals surface area (Å²) in [6, 6.07) is 7.87. The van der Waals surface area contributed by atoms with E-state index in [0.717, 1.165) is 41.9 Å². The number of hydrogen-bond donors (Lipinski definition) is 3. The fourth-order valence-corrected chi connectivity index (χ4v) is 3.28. The van der Waals surface area contributed by atoms with Crippen molar-refractivity contribution in [3.63, 3.8) is 0 Å². The van der Waals surface area contributed by atoms with Gasteiger partial charge in [0.05, 0.1) is 17.2 Å². The van der Waals surface area contributed by atoms with Crippen molar-refractivity contribution in [2.45, 2.75) is 33.7 Å². The van der Waals surface area contributed by atoms with Gasteiger partial charge in [0.2, 0.25) is 5.91 Å². The van der Waals surface area contributed by atoms with Gasteiger partial charge >= 0.3 is 0 Å². The molecule has 0 spiro atoms. The molecule has 2 aromatic rings. The van der Waals surface area contributed by atoms with E-state index in [-0.39, 0.29) is 29.9 Å². The number of amides is 1. The van der Waals surface area contributed by atoms with Crippen LogP contribution in [0.3, 0.4) is 0 Å². The number of guanidine groups is 1. The maximum absolute atomic E-state index is 11.0. The van der Waals surface area contributed by atoms with Gasteiger partial charge in [-0.2, -0.15) is 0 Å². The van der Waals surface area contributed by atoms with Crippen LogP contribution in [-0.4, -0.2) is 30.4 Å². The van der Waals surface area contributed by atoms with Crippen molar-refractivity contribution in [1.29, 1.82) is 0 Å². The smallest absolute Gasteiger partial charge is 0.221 e. The fraction of sp³-hybridized carbons (Fsp3) is 0.389. The number of thiazole rings is 1. The van der Waals surface area contributed by atoms with E-state index in [1.807, 2.05) is 38.1 Å². The highest BCUT2D eigenvalue weighted by Gasteiger charge is 2.05. The van der Waals surface area contributed by atoms with Gasteiger partial charge in [-0.05, 0) is 38.0 Å². The third kappa shape index (κ3) is 7.28. The van der Waals surface area contributed by atoms with Gasteiger partial charge in [0, 0.05) is 31.1 Å². The van der Waals surface area contributed by atoms with Crippen LogP contribution >= 0.6 is 35.3 Å². The van der Waals surface area contributed by atoms with Crippen molar-refractivity contribution in [2.75, 3.05) is 18.9 Å². The fourth-order valence-electron chi connectivity index (χ4n) is 2.41. The Hall–Kier alpha value is -1.68. The Labute approximate surface area is 175 Å². The van der Waals surface area contributed by atoms with E-state index in [9.17, 15) is 4.79 Å². The van der Waals surface area contributed by atoms with E-state index in [4.69, 9.17) is 0 Å². The molecule has 6 nitrogen and oxygen atoms in total. The van der Waals surface area contributed by atoms with Crippen LogP contribution < -0.4 is 16.0 Å². The van der Waals surface area contributed by atoms with Crippen LogP contribution in [0, 0.1) is 13.8 Å². The van der Waals surface area contributed by atoms with Crippen LogP contribution in [0.2, 0.25) is 0 Å². The van der Waals surface area contributed by atoms with Crippen LogP contribution in [0.5, 0.6) is 0 Å². The number of halogens is 1. The molecule has 1 heterocycles. The Morgan fingerprint density at radius 1 is 1.19 bits per heavy atom. The summed E-state index contributed by atoms with van der Waals surface area (Å²) in [5, 5.41) is 10.5. The number of anilines is 1. The molecule has 0 radical (unpaired) electrons. The molecule has 0 atom stereocenters. The third-order valence-corrected chi connectivity index (χ3v) is 4.69. The molecule has 0 saturated carbocycles. The molecule has 8 heteroatoms. The maximum Gasteiger partial charge on any atom is 0.221 e. The van der Waals surface area contributed by atoms with Gasteiger partial charge in [-0.3, -0.25) is 9.79 Å². The lowest BCUT2D eigenvalue weighted by molar-refractivity contribution is -0.114. The monoisotopic (exact) mass is 487 g/mol. The summed E-state index contributed by atoms with van der Waals surface area (Å²) in [4.78, 5) is 20.9. The first-order valence-corrected chi connectivity index (χ1v) is 9.03. The molecule has 2 rings (SSSR count). The third-order valence-electron chi connectivity index (χ3n) is 3.62. The predicted molar refractivity (Wildman–Crippen MR) is 120 cm³/mol. The van der Waals surface area contributed by atoms with Crippen molar-refractivity contribution in [1.82, 2.24) is 15.6 Å². The minimum atomic E-state index is -0.0596. The Balaban J connectivity index is 0.00000338. The van der Waals surface area contributed by atoms with E-state index in [0.29, 0.717) is 0 Å². The van der Waals surface area contributed by atoms with Gasteiger partial charge in [0.1, 0.15) is 0 Å². The maximum atomic E-state index is 11.0. The second-order valence-corrected chi connectivity index (χ2v) is 7.01. The summed E-state index contributed by atoms with van der Waals surface area (Å²) in [5.41, 5.74) is 3.09. The molecule has 1 amide bonds. The molecule has 1 aromatic carbocycles. The number of aryl methyl sites for hydroxylation is 2. The largest absolute Gasteiger partial charge is 0.356 e. The first-order valence-electron chi connectivity index (χ1n) is 8.22. The van der Waals surface area contributed by atoms with Crippen LogP contribution in [0.4, 0.5) is 5.69 Å². The topological polar surface area (TPSA) is 78.4 Å². The second-order valence-electron chi connectivity index (χ2n) is 5.72. The minimum Gasteiger partial charge on any atom is -0.356 e. The molecule has 1 aromatic heterocycles. The zero-order valence-corrected chi connectivity index (χ0v) is 18.7.